The third-order valence-electron chi connectivity index (χ3n) is 5.06. The minimum absolute atomic E-state index is 0.219. The third-order valence-corrected chi connectivity index (χ3v) is 5.06. The Balaban J connectivity index is 1.68. The van der Waals surface area contributed by atoms with E-state index in [9.17, 15) is 4.79 Å². The van der Waals surface area contributed by atoms with Crippen molar-refractivity contribution in [3.05, 3.63) is 70.9 Å². The van der Waals surface area contributed by atoms with Crippen molar-refractivity contribution in [3.8, 4) is 22.8 Å². The van der Waals surface area contributed by atoms with Crippen LogP contribution >= 0.6 is 0 Å². The molecular formula is C23H23N5O3. The summed E-state index contributed by atoms with van der Waals surface area (Å²) in [5.41, 5.74) is 3.55. The first kappa shape index (κ1) is 20.5. The molecule has 0 atom stereocenters. The fraction of sp³-hybridized carbons (Fsp3) is 0.217. The Hall–Kier alpha value is -3.78. The highest BCUT2D eigenvalue weighted by molar-refractivity contribution is 5.87. The fourth-order valence-corrected chi connectivity index (χ4v) is 3.43. The maximum Gasteiger partial charge on any atom is 0.282 e. The number of fused-ring (bicyclic) bond motifs is 1. The lowest BCUT2D eigenvalue weighted by molar-refractivity contribution is 0.211. The SMILES string of the molecule is COCCNc1cnc(-n2ncc3cc(-c4cccc(OC)c4C)ccc3c2=O)nc1. The summed E-state index contributed by atoms with van der Waals surface area (Å²) in [5, 5.41) is 8.72. The van der Waals surface area contributed by atoms with E-state index < -0.39 is 0 Å². The number of aromatic nitrogens is 4. The summed E-state index contributed by atoms with van der Waals surface area (Å²) in [5.74, 6) is 1.04. The number of benzene rings is 2. The highest BCUT2D eigenvalue weighted by Crippen LogP contribution is 2.31. The van der Waals surface area contributed by atoms with E-state index >= 15 is 0 Å². The van der Waals surface area contributed by atoms with Gasteiger partial charge in [0.05, 0.1) is 43.4 Å². The first-order valence-electron chi connectivity index (χ1n) is 9.83. The van der Waals surface area contributed by atoms with Crippen LogP contribution in [0.3, 0.4) is 0 Å². The van der Waals surface area contributed by atoms with Crippen LogP contribution in [0.4, 0.5) is 5.69 Å². The summed E-state index contributed by atoms with van der Waals surface area (Å²) in [6, 6.07) is 11.6. The minimum atomic E-state index is -0.272. The fourth-order valence-electron chi connectivity index (χ4n) is 3.43. The molecule has 2 heterocycles. The van der Waals surface area contributed by atoms with E-state index in [-0.39, 0.29) is 11.5 Å². The molecule has 0 fully saturated rings. The van der Waals surface area contributed by atoms with Crippen LogP contribution in [0.1, 0.15) is 5.56 Å². The molecule has 0 saturated heterocycles. The average molecular weight is 417 g/mol. The van der Waals surface area contributed by atoms with Gasteiger partial charge in [-0.2, -0.15) is 9.78 Å². The Morgan fingerprint density at radius 2 is 1.87 bits per heavy atom. The summed E-state index contributed by atoms with van der Waals surface area (Å²) in [6.45, 7) is 3.23. The second-order valence-electron chi connectivity index (χ2n) is 6.99. The molecule has 0 radical (unpaired) electrons. The largest absolute Gasteiger partial charge is 0.496 e. The van der Waals surface area contributed by atoms with Crippen LogP contribution in [0, 0.1) is 6.92 Å². The summed E-state index contributed by atoms with van der Waals surface area (Å²) in [6.07, 6.45) is 4.89. The molecule has 0 unspecified atom stereocenters. The third kappa shape index (κ3) is 4.10. The molecule has 1 N–H and O–H groups in total. The maximum atomic E-state index is 13.0. The molecule has 0 spiro atoms. The van der Waals surface area contributed by atoms with Gasteiger partial charge in [0.1, 0.15) is 5.75 Å². The van der Waals surface area contributed by atoms with Gasteiger partial charge in [0.25, 0.3) is 11.5 Å². The van der Waals surface area contributed by atoms with Crippen molar-refractivity contribution >= 4 is 16.5 Å². The van der Waals surface area contributed by atoms with E-state index in [1.165, 1.54) is 4.68 Å². The lowest BCUT2D eigenvalue weighted by Crippen LogP contribution is -2.23. The zero-order chi connectivity index (χ0) is 21.8. The molecule has 31 heavy (non-hydrogen) atoms. The van der Waals surface area contributed by atoms with Crippen LogP contribution in [0.25, 0.3) is 27.8 Å². The molecule has 0 saturated carbocycles. The molecule has 0 aliphatic carbocycles. The highest BCUT2D eigenvalue weighted by Gasteiger charge is 2.11. The molecule has 0 aliphatic heterocycles. The van der Waals surface area contributed by atoms with Crippen LogP contribution in [0.5, 0.6) is 5.75 Å². The molecule has 8 nitrogen and oxygen atoms in total. The Morgan fingerprint density at radius 3 is 2.61 bits per heavy atom. The van der Waals surface area contributed by atoms with Gasteiger partial charge in [-0.15, -0.1) is 0 Å². The highest BCUT2D eigenvalue weighted by atomic mass is 16.5. The predicted octanol–water partition coefficient (Wildman–Crippen LogP) is 3.22. The summed E-state index contributed by atoms with van der Waals surface area (Å²) in [7, 11) is 3.29. The van der Waals surface area contributed by atoms with Gasteiger partial charge in [0, 0.05) is 19.0 Å². The van der Waals surface area contributed by atoms with E-state index in [2.05, 4.69) is 20.4 Å². The molecule has 2 aromatic heterocycles. The van der Waals surface area contributed by atoms with E-state index in [1.807, 2.05) is 43.3 Å². The number of nitrogens with one attached hydrogen (secondary N) is 1. The average Bonchev–Trinajstić information content (AvgIpc) is 2.80. The standard InChI is InChI=1S/C23H23N5O3/c1-15-19(5-4-6-21(15)31-3)16-7-8-20-17(11-16)12-27-28(22(20)29)23-25-13-18(14-26-23)24-9-10-30-2/h4-8,11-14,24H,9-10H2,1-3H3. The smallest absolute Gasteiger partial charge is 0.282 e. The number of nitrogens with zero attached hydrogens (tertiary/aromatic N) is 4. The van der Waals surface area contributed by atoms with Crippen molar-refractivity contribution < 1.29 is 9.47 Å². The van der Waals surface area contributed by atoms with Gasteiger partial charge in [0.2, 0.25) is 0 Å². The number of ether oxygens (including phenoxy) is 2. The number of rotatable bonds is 7. The number of hydrogen-bond donors (Lipinski definition) is 1. The van der Waals surface area contributed by atoms with Gasteiger partial charge in [-0.3, -0.25) is 4.79 Å². The van der Waals surface area contributed by atoms with Crippen molar-refractivity contribution in [2.24, 2.45) is 0 Å². The Kier molecular flexibility index (Phi) is 5.90. The Labute approximate surface area is 179 Å². The van der Waals surface area contributed by atoms with Gasteiger partial charge >= 0.3 is 0 Å². The molecular weight excluding hydrogens is 394 g/mol. The zero-order valence-corrected chi connectivity index (χ0v) is 17.6. The number of methoxy groups -OCH3 is 2. The Morgan fingerprint density at radius 1 is 1.06 bits per heavy atom. The second kappa shape index (κ2) is 8.93. The summed E-state index contributed by atoms with van der Waals surface area (Å²) >= 11 is 0. The zero-order valence-electron chi connectivity index (χ0n) is 17.6. The van der Waals surface area contributed by atoms with Gasteiger partial charge in [-0.1, -0.05) is 18.2 Å². The van der Waals surface area contributed by atoms with Crippen molar-refractivity contribution in [2.45, 2.75) is 6.92 Å². The van der Waals surface area contributed by atoms with Crippen molar-refractivity contribution in [2.75, 3.05) is 32.7 Å². The van der Waals surface area contributed by atoms with E-state index in [0.717, 1.165) is 33.5 Å². The van der Waals surface area contributed by atoms with Gasteiger partial charge in [0.15, 0.2) is 0 Å². The summed E-state index contributed by atoms with van der Waals surface area (Å²) in [4.78, 5) is 21.5. The molecule has 0 bridgehead atoms. The normalized spacial score (nSPS) is 10.9. The van der Waals surface area contributed by atoms with Gasteiger partial charge in [-0.25, -0.2) is 9.97 Å². The number of anilines is 1. The van der Waals surface area contributed by atoms with Crippen molar-refractivity contribution in [1.82, 2.24) is 19.7 Å². The molecule has 4 aromatic rings. The minimum Gasteiger partial charge on any atom is -0.496 e. The first-order chi connectivity index (χ1) is 15.1. The lowest BCUT2D eigenvalue weighted by atomic mass is 9.98. The quantitative estimate of drug-likeness (QED) is 0.462. The van der Waals surface area contributed by atoms with E-state index in [1.54, 1.807) is 32.8 Å². The van der Waals surface area contributed by atoms with Crippen LogP contribution in [0.2, 0.25) is 0 Å². The summed E-state index contributed by atoms with van der Waals surface area (Å²) < 4.78 is 11.6. The van der Waals surface area contributed by atoms with E-state index in [0.29, 0.717) is 18.5 Å². The molecule has 8 heteroatoms. The second-order valence-corrected chi connectivity index (χ2v) is 6.99. The van der Waals surface area contributed by atoms with Gasteiger partial charge < -0.3 is 14.8 Å². The maximum absolute atomic E-state index is 13.0. The topological polar surface area (TPSA) is 91.2 Å². The first-order valence-corrected chi connectivity index (χ1v) is 9.83. The molecule has 0 amide bonds. The molecule has 0 aliphatic rings. The van der Waals surface area contributed by atoms with Crippen LogP contribution in [0.15, 0.2) is 59.8 Å². The van der Waals surface area contributed by atoms with Crippen LogP contribution < -0.4 is 15.6 Å². The van der Waals surface area contributed by atoms with Crippen LogP contribution in [-0.2, 0) is 4.74 Å². The van der Waals surface area contributed by atoms with E-state index in [4.69, 9.17) is 9.47 Å². The molecule has 4 rings (SSSR count). The Bertz CT molecular complexity index is 1270. The molecule has 2 aromatic carbocycles. The van der Waals surface area contributed by atoms with Crippen molar-refractivity contribution in [1.29, 1.82) is 0 Å². The molecule has 158 valence electrons. The predicted molar refractivity (Wildman–Crippen MR) is 120 cm³/mol. The monoisotopic (exact) mass is 417 g/mol. The van der Waals surface area contributed by atoms with Crippen LogP contribution in [-0.4, -0.2) is 47.1 Å². The lowest BCUT2D eigenvalue weighted by Gasteiger charge is -2.11. The number of hydrogen-bond acceptors (Lipinski definition) is 7. The van der Waals surface area contributed by atoms with Crippen molar-refractivity contribution in [3.63, 3.8) is 0 Å². The van der Waals surface area contributed by atoms with Gasteiger partial charge in [-0.05, 0) is 41.8 Å².